The molecule has 1 saturated carbocycles. The van der Waals surface area contributed by atoms with Gasteiger partial charge in [0.1, 0.15) is 0 Å². The molecule has 0 spiro atoms. The Labute approximate surface area is 89.0 Å². The lowest BCUT2D eigenvalue weighted by Crippen LogP contribution is -2.23. The number of hydrogen-bond donors (Lipinski definition) is 2. The molecule has 1 heterocycles. The van der Waals surface area contributed by atoms with E-state index in [9.17, 15) is 5.11 Å². The second kappa shape index (κ2) is 4.01. The summed E-state index contributed by atoms with van der Waals surface area (Å²) in [5.74, 6) is 0. The van der Waals surface area contributed by atoms with E-state index in [0.29, 0.717) is 12.6 Å². The summed E-state index contributed by atoms with van der Waals surface area (Å²) in [5.41, 5.74) is 1.10. The van der Waals surface area contributed by atoms with Crippen LogP contribution in [0.3, 0.4) is 0 Å². The third-order valence-electron chi connectivity index (χ3n) is 2.62. The number of aryl methyl sites for hydroxylation is 2. The highest BCUT2D eigenvalue weighted by atomic mass is 32.1. The molecule has 0 amide bonds. The molecule has 78 valence electrons. The van der Waals surface area contributed by atoms with E-state index in [2.05, 4.69) is 25.2 Å². The van der Waals surface area contributed by atoms with Crippen molar-refractivity contribution in [1.29, 1.82) is 0 Å². The largest absolute Gasteiger partial charge is 0.387 e. The second-order valence-electron chi connectivity index (χ2n) is 4.07. The molecule has 1 unspecified atom stereocenters. The zero-order valence-electron chi connectivity index (χ0n) is 8.71. The fourth-order valence-corrected chi connectivity index (χ4v) is 2.64. The van der Waals surface area contributed by atoms with Gasteiger partial charge < -0.3 is 10.4 Å². The predicted molar refractivity (Wildman–Crippen MR) is 59.8 cm³/mol. The molecule has 2 N–H and O–H groups in total. The molecule has 1 aliphatic carbocycles. The van der Waals surface area contributed by atoms with Gasteiger partial charge >= 0.3 is 0 Å². The molecule has 1 aromatic heterocycles. The summed E-state index contributed by atoms with van der Waals surface area (Å²) in [6.45, 7) is 4.86. The van der Waals surface area contributed by atoms with Crippen LogP contribution in [0.5, 0.6) is 0 Å². The zero-order chi connectivity index (χ0) is 10.1. The molecule has 1 atom stereocenters. The van der Waals surface area contributed by atoms with Gasteiger partial charge in [-0.1, -0.05) is 0 Å². The molecule has 2 nitrogen and oxygen atoms in total. The molecule has 1 aliphatic rings. The lowest BCUT2D eigenvalue weighted by Gasteiger charge is -2.10. The Bertz CT molecular complexity index is 317. The van der Waals surface area contributed by atoms with Gasteiger partial charge in [0, 0.05) is 22.3 Å². The first-order chi connectivity index (χ1) is 6.66. The quantitative estimate of drug-likeness (QED) is 0.800. The van der Waals surface area contributed by atoms with Crippen LogP contribution < -0.4 is 5.32 Å². The van der Waals surface area contributed by atoms with Crippen LogP contribution in [-0.4, -0.2) is 17.7 Å². The Kier molecular flexibility index (Phi) is 2.91. The molecule has 0 aliphatic heterocycles. The number of hydrogen-bond acceptors (Lipinski definition) is 3. The summed E-state index contributed by atoms with van der Waals surface area (Å²) in [4.78, 5) is 2.52. The van der Waals surface area contributed by atoms with Gasteiger partial charge in [0.25, 0.3) is 0 Å². The molecule has 0 radical (unpaired) electrons. The predicted octanol–water partition coefficient (Wildman–Crippen LogP) is 2.15. The van der Waals surface area contributed by atoms with Crippen molar-refractivity contribution >= 4 is 11.3 Å². The number of rotatable bonds is 4. The summed E-state index contributed by atoms with van der Waals surface area (Å²) in [6, 6.07) is 2.77. The van der Waals surface area contributed by atoms with Crippen molar-refractivity contribution in [2.75, 3.05) is 6.54 Å². The summed E-state index contributed by atoms with van der Waals surface area (Å²) in [5, 5.41) is 13.3. The average molecular weight is 211 g/mol. The SMILES string of the molecule is Cc1cc(C(O)CNC2CC2)c(C)s1. The van der Waals surface area contributed by atoms with Gasteiger partial charge in [-0.25, -0.2) is 0 Å². The third kappa shape index (κ3) is 2.35. The Morgan fingerprint density at radius 3 is 2.79 bits per heavy atom. The number of nitrogens with one attached hydrogen (secondary N) is 1. The van der Waals surface area contributed by atoms with Gasteiger partial charge in [-0.3, -0.25) is 0 Å². The van der Waals surface area contributed by atoms with E-state index in [4.69, 9.17) is 0 Å². The van der Waals surface area contributed by atoms with E-state index in [0.717, 1.165) is 5.56 Å². The Morgan fingerprint density at radius 2 is 2.29 bits per heavy atom. The van der Waals surface area contributed by atoms with E-state index in [1.165, 1.54) is 22.6 Å². The van der Waals surface area contributed by atoms with Crippen LogP contribution in [0.4, 0.5) is 0 Å². The molecule has 2 rings (SSSR count). The van der Waals surface area contributed by atoms with Crippen molar-refractivity contribution in [3.63, 3.8) is 0 Å². The molecule has 14 heavy (non-hydrogen) atoms. The summed E-state index contributed by atoms with van der Waals surface area (Å²) >= 11 is 1.76. The summed E-state index contributed by atoms with van der Waals surface area (Å²) < 4.78 is 0. The van der Waals surface area contributed by atoms with Gasteiger partial charge in [-0.05, 0) is 38.3 Å². The molecule has 3 heteroatoms. The fourth-order valence-electron chi connectivity index (χ4n) is 1.66. The van der Waals surface area contributed by atoms with Crippen molar-refractivity contribution in [3.8, 4) is 0 Å². The van der Waals surface area contributed by atoms with E-state index in [1.54, 1.807) is 11.3 Å². The maximum absolute atomic E-state index is 9.94. The van der Waals surface area contributed by atoms with Crippen LogP contribution in [0.25, 0.3) is 0 Å². The summed E-state index contributed by atoms with van der Waals surface area (Å²) in [6.07, 6.45) is 2.21. The van der Waals surface area contributed by atoms with Crippen molar-refractivity contribution < 1.29 is 5.11 Å². The normalized spacial score (nSPS) is 18.5. The fraction of sp³-hybridized carbons (Fsp3) is 0.636. The minimum atomic E-state index is -0.333. The van der Waals surface area contributed by atoms with E-state index < -0.39 is 0 Å². The zero-order valence-corrected chi connectivity index (χ0v) is 9.53. The minimum Gasteiger partial charge on any atom is -0.387 e. The highest BCUT2D eigenvalue weighted by Gasteiger charge is 2.22. The van der Waals surface area contributed by atoms with Crippen LogP contribution in [-0.2, 0) is 0 Å². The number of aliphatic hydroxyl groups excluding tert-OH is 1. The van der Waals surface area contributed by atoms with Crippen molar-refractivity contribution in [2.24, 2.45) is 0 Å². The molecule has 0 saturated heterocycles. The Balaban J connectivity index is 1.94. The number of thiophene rings is 1. The van der Waals surface area contributed by atoms with Gasteiger partial charge in [-0.15, -0.1) is 11.3 Å². The highest BCUT2D eigenvalue weighted by Crippen LogP contribution is 2.27. The lowest BCUT2D eigenvalue weighted by atomic mass is 10.1. The Hall–Kier alpha value is -0.380. The molecule has 1 aromatic rings. The molecule has 1 fully saturated rings. The average Bonchev–Trinajstić information content (AvgIpc) is 2.88. The molecular formula is C11H17NOS. The van der Waals surface area contributed by atoms with Crippen LogP contribution in [0.2, 0.25) is 0 Å². The molecular weight excluding hydrogens is 194 g/mol. The minimum absolute atomic E-state index is 0.333. The summed E-state index contributed by atoms with van der Waals surface area (Å²) in [7, 11) is 0. The second-order valence-corrected chi connectivity index (χ2v) is 5.53. The third-order valence-corrected chi connectivity index (χ3v) is 3.60. The van der Waals surface area contributed by atoms with Crippen molar-refractivity contribution in [3.05, 3.63) is 21.4 Å². The first kappa shape index (κ1) is 10.1. The van der Waals surface area contributed by atoms with Gasteiger partial charge in [-0.2, -0.15) is 0 Å². The first-order valence-electron chi connectivity index (χ1n) is 5.15. The van der Waals surface area contributed by atoms with Crippen LogP contribution in [0, 0.1) is 13.8 Å². The standard InChI is InChI=1S/C11H17NOS/c1-7-5-10(8(2)14-7)11(13)6-12-9-3-4-9/h5,9,11-13H,3-4,6H2,1-2H3. The highest BCUT2D eigenvalue weighted by molar-refractivity contribution is 7.12. The molecule has 0 aromatic carbocycles. The first-order valence-corrected chi connectivity index (χ1v) is 5.97. The monoisotopic (exact) mass is 211 g/mol. The van der Waals surface area contributed by atoms with Gasteiger partial charge in [0.15, 0.2) is 0 Å². The maximum atomic E-state index is 9.94. The van der Waals surface area contributed by atoms with Crippen LogP contribution in [0.1, 0.15) is 34.3 Å². The van der Waals surface area contributed by atoms with Crippen LogP contribution in [0.15, 0.2) is 6.07 Å². The maximum Gasteiger partial charge on any atom is 0.0925 e. The van der Waals surface area contributed by atoms with Gasteiger partial charge in [0.05, 0.1) is 6.10 Å². The van der Waals surface area contributed by atoms with E-state index >= 15 is 0 Å². The van der Waals surface area contributed by atoms with Gasteiger partial charge in [0.2, 0.25) is 0 Å². The smallest absolute Gasteiger partial charge is 0.0925 e. The number of aliphatic hydroxyl groups is 1. The Morgan fingerprint density at radius 1 is 1.57 bits per heavy atom. The van der Waals surface area contributed by atoms with Crippen molar-refractivity contribution in [1.82, 2.24) is 5.32 Å². The lowest BCUT2D eigenvalue weighted by molar-refractivity contribution is 0.174. The molecule has 0 bridgehead atoms. The topological polar surface area (TPSA) is 32.3 Å². The van der Waals surface area contributed by atoms with Crippen molar-refractivity contribution in [2.45, 2.75) is 38.8 Å². The van der Waals surface area contributed by atoms with E-state index in [1.807, 2.05) is 0 Å². The van der Waals surface area contributed by atoms with Crippen LogP contribution >= 0.6 is 11.3 Å². The van der Waals surface area contributed by atoms with E-state index in [-0.39, 0.29) is 6.10 Å².